The molecule has 0 atom stereocenters. The smallest absolute Gasteiger partial charge is 0.224 e. The highest BCUT2D eigenvalue weighted by molar-refractivity contribution is 5.76. The maximum Gasteiger partial charge on any atom is 0.224 e. The molecule has 23 heavy (non-hydrogen) atoms. The van der Waals surface area contributed by atoms with Crippen LogP contribution in [0.5, 0.6) is 0 Å². The van der Waals surface area contributed by atoms with E-state index in [1.165, 1.54) is 44.5 Å². The summed E-state index contributed by atoms with van der Waals surface area (Å²) in [5.41, 5.74) is 2.42. The molecule has 4 heteroatoms. The highest BCUT2D eigenvalue weighted by atomic mass is 16.2. The molecule has 0 aromatic heterocycles. The number of likely N-dealkylation sites (tertiary alicyclic amines) is 1. The fraction of sp³-hybridized carbons (Fsp3) is 0.632. The molecule has 0 aliphatic carbocycles. The van der Waals surface area contributed by atoms with Crippen LogP contribution in [0.25, 0.3) is 0 Å². The summed E-state index contributed by atoms with van der Waals surface area (Å²) in [6, 6.07) is 8.63. The zero-order valence-electron chi connectivity index (χ0n) is 14.1. The minimum atomic E-state index is 0.299. The lowest BCUT2D eigenvalue weighted by Crippen LogP contribution is -2.32. The van der Waals surface area contributed by atoms with Gasteiger partial charge in [0.05, 0.1) is 0 Å². The highest BCUT2D eigenvalue weighted by Crippen LogP contribution is 2.22. The van der Waals surface area contributed by atoms with Gasteiger partial charge >= 0.3 is 0 Å². The zero-order chi connectivity index (χ0) is 15.9. The Kier molecular flexibility index (Phi) is 5.78. The predicted molar refractivity (Wildman–Crippen MR) is 96.0 cm³/mol. The number of hydrogen-bond acceptors (Lipinski definition) is 3. The van der Waals surface area contributed by atoms with Crippen LogP contribution in [0.3, 0.4) is 0 Å². The van der Waals surface area contributed by atoms with Gasteiger partial charge in [0.25, 0.3) is 0 Å². The molecule has 2 saturated heterocycles. The van der Waals surface area contributed by atoms with Crippen molar-refractivity contribution in [2.45, 2.75) is 44.9 Å². The molecule has 0 spiro atoms. The molecule has 0 bridgehead atoms. The van der Waals surface area contributed by atoms with E-state index in [1.54, 1.807) is 0 Å². The van der Waals surface area contributed by atoms with Crippen molar-refractivity contribution in [1.82, 2.24) is 4.90 Å². The molecule has 0 radical (unpaired) electrons. The van der Waals surface area contributed by atoms with E-state index in [1.807, 2.05) is 4.90 Å². The molecule has 1 N–H and O–H groups in total. The predicted octanol–water partition coefficient (Wildman–Crippen LogP) is 3.49. The van der Waals surface area contributed by atoms with E-state index in [9.17, 15) is 4.79 Å². The fourth-order valence-corrected chi connectivity index (χ4v) is 3.56. The summed E-state index contributed by atoms with van der Waals surface area (Å²) in [6.45, 7) is 4.97. The molecule has 4 nitrogen and oxygen atoms in total. The topological polar surface area (TPSA) is 35.6 Å². The van der Waals surface area contributed by atoms with Gasteiger partial charge in [-0.05, 0) is 49.9 Å². The first-order chi connectivity index (χ1) is 11.3. The minimum absolute atomic E-state index is 0.299. The maximum absolute atomic E-state index is 12.2. The summed E-state index contributed by atoms with van der Waals surface area (Å²) in [7, 11) is 0. The van der Waals surface area contributed by atoms with Crippen molar-refractivity contribution in [3.05, 3.63) is 24.3 Å². The highest BCUT2D eigenvalue weighted by Gasteiger charge is 2.15. The second kappa shape index (κ2) is 8.23. The van der Waals surface area contributed by atoms with E-state index in [0.29, 0.717) is 12.3 Å². The quantitative estimate of drug-likeness (QED) is 0.903. The summed E-state index contributed by atoms with van der Waals surface area (Å²) in [4.78, 5) is 16.7. The van der Waals surface area contributed by atoms with E-state index in [4.69, 9.17) is 0 Å². The first-order valence-corrected chi connectivity index (χ1v) is 9.19. The number of carbonyl (C=O) groups excluding carboxylic acids is 1. The van der Waals surface area contributed by atoms with Gasteiger partial charge in [-0.1, -0.05) is 12.8 Å². The number of rotatable bonds is 5. The molecule has 2 aliphatic rings. The van der Waals surface area contributed by atoms with Crippen LogP contribution in [0.2, 0.25) is 0 Å². The lowest BCUT2D eigenvalue weighted by Gasteiger charge is -2.20. The first kappa shape index (κ1) is 16.2. The Hall–Kier alpha value is -1.71. The molecule has 1 amide bonds. The van der Waals surface area contributed by atoms with Crippen LogP contribution >= 0.6 is 0 Å². The van der Waals surface area contributed by atoms with Crippen LogP contribution in [0.4, 0.5) is 11.4 Å². The fourth-order valence-electron chi connectivity index (χ4n) is 3.56. The molecule has 0 saturated carbocycles. The van der Waals surface area contributed by atoms with E-state index in [2.05, 4.69) is 34.5 Å². The van der Waals surface area contributed by atoms with Crippen molar-refractivity contribution >= 4 is 17.3 Å². The zero-order valence-corrected chi connectivity index (χ0v) is 14.1. The largest absolute Gasteiger partial charge is 0.385 e. The molecule has 0 unspecified atom stereocenters. The lowest BCUT2D eigenvalue weighted by molar-refractivity contribution is -0.130. The number of nitrogens with zero attached hydrogens (tertiary/aromatic N) is 2. The Labute approximate surface area is 139 Å². The summed E-state index contributed by atoms with van der Waals surface area (Å²) >= 11 is 0. The summed E-state index contributed by atoms with van der Waals surface area (Å²) in [5, 5.41) is 3.38. The van der Waals surface area contributed by atoms with Crippen LogP contribution in [-0.4, -0.2) is 43.5 Å². The van der Waals surface area contributed by atoms with Crippen molar-refractivity contribution in [2.24, 2.45) is 0 Å². The number of hydrogen-bond donors (Lipinski definition) is 1. The van der Waals surface area contributed by atoms with Gasteiger partial charge in [-0.2, -0.15) is 0 Å². The third kappa shape index (κ3) is 4.63. The summed E-state index contributed by atoms with van der Waals surface area (Å²) in [5.74, 6) is 0.299. The van der Waals surface area contributed by atoms with Crippen LogP contribution in [0.15, 0.2) is 24.3 Å². The van der Waals surface area contributed by atoms with Gasteiger partial charge in [-0.15, -0.1) is 0 Å². The Morgan fingerprint density at radius 2 is 1.48 bits per heavy atom. The van der Waals surface area contributed by atoms with Gasteiger partial charge in [-0.25, -0.2) is 0 Å². The Morgan fingerprint density at radius 3 is 2.13 bits per heavy atom. The number of nitrogens with one attached hydrogen (secondary N) is 1. The average Bonchev–Trinajstić information content (AvgIpc) is 2.97. The van der Waals surface area contributed by atoms with E-state index < -0.39 is 0 Å². The van der Waals surface area contributed by atoms with E-state index in [-0.39, 0.29) is 0 Å². The molecule has 2 aliphatic heterocycles. The molecule has 3 rings (SSSR count). The second-order valence-corrected chi connectivity index (χ2v) is 6.71. The molecular formula is C19H29N3O. The molecule has 126 valence electrons. The van der Waals surface area contributed by atoms with Gasteiger partial charge in [-0.3, -0.25) is 4.79 Å². The Morgan fingerprint density at radius 1 is 0.870 bits per heavy atom. The third-order valence-electron chi connectivity index (χ3n) is 4.97. The van der Waals surface area contributed by atoms with Gasteiger partial charge in [0.1, 0.15) is 0 Å². The van der Waals surface area contributed by atoms with E-state index >= 15 is 0 Å². The van der Waals surface area contributed by atoms with Crippen molar-refractivity contribution in [3.8, 4) is 0 Å². The van der Waals surface area contributed by atoms with Gasteiger partial charge < -0.3 is 15.1 Å². The van der Waals surface area contributed by atoms with Crippen LogP contribution < -0.4 is 10.2 Å². The summed E-state index contributed by atoms with van der Waals surface area (Å²) in [6.07, 6.45) is 8.07. The molecule has 2 heterocycles. The van der Waals surface area contributed by atoms with Crippen molar-refractivity contribution in [1.29, 1.82) is 0 Å². The van der Waals surface area contributed by atoms with Crippen LogP contribution in [0, 0.1) is 0 Å². The standard InChI is InChI=1S/C19H29N3O/c23-19(22-15-3-1-2-4-16-22)11-12-20-17-7-9-18(10-8-17)21-13-5-6-14-21/h7-10,20H,1-6,11-16H2. The first-order valence-electron chi connectivity index (χ1n) is 9.19. The minimum Gasteiger partial charge on any atom is -0.385 e. The number of carbonyl (C=O) groups is 1. The van der Waals surface area contributed by atoms with Crippen LogP contribution in [-0.2, 0) is 4.79 Å². The Balaban J connectivity index is 1.42. The van der Waals surface area contributed by atoms with E-state index in [0.717, 1.165) is 38.2 Å². The van der Waals surface area contributed by atoms with Crippen LogP contribution in [0.1, 0.15) is 44.9 Å². The van der Waals surface area contributed by atoms with Crippen molar-refractivity contribution < 1.29 is 4.79 Å². The molecule has 2 fully saturated rings. The van der Waals surface area contributed by atoms with Gasteiger partial charge in [0.2, 0.25) is 5.91 Å². The number of benzene rings is 1. The van der Waals surface area contributed by atoms with Gasteiger partial charge in [0.15, 0.2) is 0 Å². The SMILES string of the molecule is O=C(CCNc1ccc(N2CCCC2)cc1)N1CCCCCC1. The van der Waals surface area contributed by atoms with Crippen molar-refractivity contribution in [3.63, 3.8) is 0 Å². The third-order valence-corrected chi connectivity index (χ3v) is 4.97. The second-order valence-electron chi connectivity index (χ2n) is 6.71. The monoisotopic (exact) mass is 315 g/mol. The number of anilines is 2. The Bertz CT molecular complexity index is 486. The molecular weight excluding hydrogens is 286 g/mol. The van der Waals surface area contributed by atoms with Gasteiger partial charge in [0, 0.05) is 50.5 Å². The average molecular weight is 315 g/mol. The maximum atomic E-state index is 12.2. The number of amides is 1. The van der Waals surface area contributed by atoms with Crippen molar-refractivity contribution in [2.75, 3.05) is 42.9 Å². The molecule has 1 aromatic rings. The molecule has 1 aromatic carbocycles. The lowest BCUT2D eigenvalue weighted by atomic mass is 10.2. The normalized spacial score (nSPS) is 18.8. The summed E-state index contributed by atoms with van der Waals surface area (Å²) < 4.78 is 0.